The standard InChI is InChI=1S/C17H18N2O6/c1-11-8-16(25-19-11)18-15(20)10-24-17(21)7-5-12-4-6-13(22-2)14(9-12)23-3/h4-9H,10H2,1-3H3,(H,18,20)/b7-5+. The van der Waals surface area contributed by atoms with Gasteiger partial charge in [0, 0.05) is 12.1 Å². The van der Waals surface area contributed by atoms with Gasteiger partial charge in [-0.15, -0.1) is 0 Å². The topological polar surface area (TPSA) is 99.9 Å². The number of aryl methyl sites for hydroxylation is 1. The van der Waals surface area contributed by atoms with Crippen LogP contribution in [-0.2, 0) is 14.3 Å². The molecule has 8 heteroatoms. The summed E-state index contributed by atoms with van der Waals surface area (Å²) < 4.78 is 20.0. The van der Waals surface area contributed by atoms with Crippen LogP contribution in [0, 0.1) is 6.92 Å². The number of rotatable bonds is 7. The molecule has 0 saturated heterocycles. The van der Waals surface area contributed by atoms with E-state index in [2.05, 4.69) is 10.5 Å². The van der Waals surface area contributed by atoms with E-state index in [0.717, 1.165) is 5.56 Å². The summed E-state index contributed by atoms with van der Waals surface area (Å²) in [6, 6.07) is 6.74. The second kappa shape index (κ2) is 8.53. The fourth-order valence-electron chi connectivity index (χ4n) is 1.90. The lowest BCUT2D eigenvalue weighted by molar-refractivity contribution is -0.142. The maximum atomic E-state index is 11.7. The Hall–Kier alpha value is -3.29. The van der Waals surface area contributed by atoms with Gasteiger partial charge in [0.25, 0.3) is 5.91 Å². The summed E-state index contributed by atoms with van der Waals surface area (Å²) >= 11 is 0. The zero-order chi connectivity index (χ0) is 18.2. The fraction of sp³-hybridized carbons (Fsp3) is 0.235. The van der Waals surface area contributed by atoms with Gasteiger partial charge in [0.15, 0.2) is 18.1 Å². The Balaban J connectivity index is 1.85. The lowest BCUT2D eigenvalue weighted by Crippen LogP contribution is -2.19. The van der Waals surface area contributed by atoms with Crippen molar-refractivity contribution in [2.24, 2.45) is 0 Å². The highest BCUT2D eigenvalue weighted by Gasteiger charge is 2.09. The summed E-state index contributed by atoms with van der Waals surface area (Å²) in [6.45, 7) is 1.28. The second-order valence-corrected chi connectivity index (χ2v) is 4.94. The van der Waals surface area contributed by atoms with Crippen LogP contribution in [0.2, 0.25) is 0 Å². The van der Waals surface area contributed by atoms with Gasteiger partial charge in [-0.05, 0) is 30.7 Å². The average Bonchev–Trinajstić information content (AvgIpc) is 3.02. The summed E-state index contributed by atoms with van der Waals surface area (Å²) in [6.07, 6.45) is 2.76. The lowest BCUT2D eigenvalue weighted by Gasteiger charge is -2.07. The zero-order valence-corrected chi connectivity index (χ0v) is 14.1. The van der Waals surface area contributed by atoms with E-state index in [0.29, 0.717) is 17.2 Å². The number of ether oxygens (including phenoxy) is 3. The van der Waals surface area contributed by atoms with Crippen LogP contribution in [0.1, 0.15) is 11.3 Å². The van der Waals surface area contributed by atoms with E-state index < -0.39 is 18.5 Å². The van der Waals surface area contributed by atoms with Gasteiger partial charge in [0.2, 0.25) is 5.88 Å². The molecule has 0 aliphatic heterocycles. The summed E-state index contributed by atoms with van der Waals surface area (Å²) in [5.74, 6) is 0.142. The van der Waals surface area contributed by atoms with Crippen LogP contribution in [-0.4, -0.2) is 37.9 Å². The van der Waals surface area contributed by atoms with Crippen molar-refractivity contribution in [3.05, 3.63) is 41.6 Å². The molecule has 0 unspecified atom stereocenters. The first-order valence-corrected chi connectivity index (χ1v) is 7.32. The van der Waals surface area contributed by atoms with Gasteiger partial charge < -0.3 is 18.7 Å². The predicted molar refractivity (Wildman–Crippen MR) is 89.4 cm³/mol. The van der Waals surface area contributed by atoms with Crippen molar-refractivity contribution in [3.8, 4) is 11.5 Å². The number of amides is 1. The van der Waals surface area contributed by atoms with Gasteiger partial charge in [-0.2, -0.15) is 0 Å². The predicted octanol–water partition coefficient (Wildman–Crippen LogP) is 2.20. The highest BCUT2D eigenvalue weighted by atomic mass is 16.5. The summed E-state index contributed by atoms with van der Waals surface area (Å²) in [5, 5.41) is 6.05. The van der Waals surface area contributed by atoms with E-state index in [1.54, 1.807) is 37.3 Å². The molecule has 0 fully saturated rings. The molecule has 0 spiro atoms. The third-order valence-corrected chi connectivity index (χ3v) is 3.06. The molecule has 25 heavy (non-hydrogen) atoms. The van der Waals surface area contributed by atoms with Crippen LogP contribution in [0.25, 0.3) is 6.08 Å². The molecule has 0 radical (unpaired) electrons. The first-order valence-electron chi connectivity index (χ1n) is 7.32. The Morgan fingerprint density at radius 2 is 1.96 bits per heavy atom. The first kappa shape index (κ1) is 18.1. The number of esters is 1. The molecule has 0 atom stereocenters. The minimum Gasteiger partial charge on any atom is -0.493 e. The van der Waals surface area contributed by atoms with Crippen molar-refractivity contribution >= 4 is 23.8 Å². The molecule has 1 aromatic heterocycles. The normalized spacial score (nSPS) is 10.5. The highest BCUT2D eigenvalue weighted by Crippen LogP contribution is 2.27. The zero-order valence-electron chi connectivity index (χ0n) is 14.1. The molecule has 1 amide bonds. The highest BCUT2D eigenvalue weighted by molar-refractivity contribution is 5.93. The Labute approximate surface area is 144 Å². The van der Waals surface area contributed by atoms with E-state index in [9.17, 15) is 9.59 Å². The van der Waals surface area contributed by atoms with Gasteiger partial charge in [0.05, 0.1) is 19.9 Å². The quantitative estimate of drug-likeness (QED) is 0.606. The van der Waals surface area contributed by atoms with E-state index in [4.69, 9.17) is 18.7 Å². The molecule has 2 aromatic rings. The number of carbonyl (C=O) groups excluding carboxylic acids is 2. The number of anilines is 1. The molecule has 0 saturated carbocycles. The SMILES string of the molecule is COc1ccc(/C=C/C(=O)OCC(=O)Nc2cc(C)no2)cc1OC. The molecule has 1 N–H and O–H groups in total. The van der Waals surface area contributed by atoms with Crippen LogP contribution in [0.4, 0.5) is 5.88 Å². The maximum Gasteiger partial charge on any atom is 0.331 e. The van der Waals surface area contributed by atoms with Gasteiger partial charge in [-0.1, -0.05) is 11.2 Å². The van der Waals surface area contributed by atoms with Gasteiger partial charge in [-0.3, -0.25) is 10.1 Å². The van der Waals surface area contributed by atoms with Crippen LogP contribution in [0.5, 0.6) is 11.5 Å². The Bertz CT molecular complexity index is 781. The van der Waals surface area contributed by atoms with Crippen molar-refractivity contribution < 1.29 is 28.3 Å². The minimum atomic E-state index is -0.654. The smallest absolute Gasteiger partial charge is 0.331 e. The van der Waals surface area contributed by atoms with E-state index in [1.807, 2.05) is 0 Å². The van der Waals surface area contributed by atoms with Crippen molar-refractivity contribution in [3.63, 3.8) is 0 Å². The number of nitrogens with one attached hydrogen (secondary N) is 1. The Morgan fingerprint density at radius 1 is 1.20 bits per heavy atom. The van der Waals surface area contributed by atoms with Crippen LogP contribution < -0.4 is 14.8 Å². The Morgan fingerprint density at radius 3 is 2.60 bits per heavy atom. The minimum absolute atomic E-state index is 0.194. The fourth-order valence-corrected chi connectivity index (χ4v) is 1.90. The largest absolute Gasteiger partial charge is 0.493 e. The number of hydrogen-bond donors (Lipinski definition) is 1. The van der Waals surface area contributed by atoms with Gasteiger partial charge in [0.1, 0.15) is 0 Å². The van der Waals surface area contributed by atoms with Crippen molar-refractivity contribution in [2.45, 2.75) is 6.92 Å². The second-order valence-electron chi connectivity index (χ2n) is 4.94. The number of carbonyl (C=O) groups is 2. The van der Waals surface area contributed by atoms with E-state index in [-0.39, 0.29) is 5.88 Å². The maximum absolute atomic E-state index is 11.7. The monoisotopic (exact) mass is 346 g/mol. The van der Waals surface area contributed by atoms with Gasteiger partial charge >= 0.3 is 5.97 Å². The first-order chi connectivity index (χ1) is 12.0. The summed E-state index contributed by atoms with van der Waals surface area (Å²) in [7, 11) is 3.06. The number of aromatic nitrogens is 1. The van der Waals surface area contributed by atoms with Crippen molar-refractivity contribution in [2.75, 3.05) is 26.1 Å². The van der Waals surface area contributed by atoms with Crippen LogP contribution >= 0.6 is 0 Å². The Kier molecular flexibility index (Phi) is 6.16. The molecular formula is C17H18N2O6. The van der Waals surface area contributed by atoms with Crippen molar-refractivity contribution in [1.82, 2.24) is 5.16 Å². The van der Waals surface area contributed by atoms with Crippen LogP contribution in [0.3, 0.4) is 0 Å². The molecule has 8 nitrogen and oxygen atoms in total. The number of nitrogens with zero attached hydrogens (tertiary/aromatic N) is 1. The van der Waals surface area contributed by atoms with E-state index in [1.165, 1.54) is 20.3 Å². The molecule has 0 aliphatic rings. The molecule has 2 rings (SSSR count). The summed E-state index contributed by atoms with van der Waals surface area (Å²) in [5.41, 5.74) is 1.35. The number of methoxy groups -OCH3 is 2. The average molecular weight is 346 g/mol. The lowest BCUT2D eigenvalue weighted by atomic mass is 10.2. The molecule has 1 aromatic carbocycles. The van der Waals surface area contributed by atoms with Gasteiger partial charge in [-0.25, -0.2) is 4.79 Å². The molecular weight excluding hydrogens is 328 g/mol. The van der Waals surface area contributed by atoms with Crippen molar-refractivity contribution in [1.29, 1.82) is 0 Å². The molecule has 1 heterocycles. The van der Waals surface area contributed by atoms with Crippen LogP contribution in [0.15, 0.2) is 34.9 Å². The number of benzene rings is 1. The summed E-state index contributed by atoms with van der Waals surface area (Å²) in [4.78, 5) is 23.3. The molecule has 0 bridgehead atoms. The molecule has 132 valence electrons. The number of hydrogen-bond acceptors (Lipinski definition) is 7. The van der Waals surface area contributed by atoms with E-state index >= 15 is 0 Å². The third kappa shape index (κ3) is 5.38. The third-order valence-electron chi connectivity index (χ3n) is 3.06. The molecule has 0 aliphatic carbocycles.